The smallest absolute Gasteiger partial charge is 0.269 e. The average molecular weight is 248 g/mol. The lowest BCUT2D eigenvalue weighted by molar-refractivity contribution is -0.0300. The summed E-state index contributed by atoms with van der Waals surface area (Å²) in [6, 6.07) is 3.65. The van der Waals surface area contributed by atoms with Crippen molar-refractivity contribution >= 4 is 5.91 Å². The highest BCUT2D eigenvalue weighted by molar-refractivity contribution is 5.92. The molecule has 1 amide bonds. The molecule has 0 spiro atoms. The first-order chi connectivity index (χ1) is 8.50. The van der Waals surface area contributed by atoms with Gasteiger partial charge < -0.3 is 10.4 Å². The monoisotopic (exact) mass is 248 g/mol. The largest absolute Gasteiger partial charge is 0.388 e. The van der Waals surface area contributed by atoms with Gasteiger partial charge in [-0.2, -0.15) is 0 Å². The molecule has 98 valence electrons. The molecule has 0 aromatic carbocycles. The number of pyridine rings is 1. The molecule has 1 saturated carbocycles. The molecule has 2 N–H and O–H groups in total. The second-order valence-corrected chi connectivity index (χ2v) is 5.39. The Kier molecular flexibility index (Phi) is 3.66. The van der Waals surface area contributed by atoms with E-state index in [9.17, 15) is 9.90 Å². The molecule has 0 unspecified atom stereocenters. The van der Waals surface area contributed by atoms with E-state index in [4.69, 9.17) is 0 Å². The number of carbonyl (C=O) groups is 1. The second kappa shape index (κ2) is 5.06. The minimum absolute atomic E-state index is 0.217. The van der Waals surface area contributed by atoms with Crippen LogP contribution >= 0.6 is 0 Å². The molecule has 4 nitrogen and oxygen atoms in total. The molecule has 1 aromatic heterocycles. The molecular formula is C14H20N2O2. The van der Waals surface area contributed by atoms with Crippen LogP contribution in [-0.2, 0) is 0 Å². The zero-order valence-corrected chi connectivity index (χ0v) is 10.9. The number of amides is 1. The number of hydrogen-bond acceptors (Lipinski definition) is 3. The summed E-state index contributed by atoms with van der Waals surface area (Å²) in [5, 5.41) is 12.6. The fraction of sp³-hybridized carbons (Fsp3) is 0.571. The Balaban J connectivity index is 1.92. The number of nitrogens with one attached hydrogen (secondary N) is 1. The van der Waals surface area contributed by atoms with Crippen LogP contribution in [-0.4, -0.2) is 28.1 Å². The van der Waals surface area contributed by atoms with Crippen molar-refractivity contribution in [2.75, 3.05) is 6.54 Å². The van der Waals surface area contributed by atoms with Crippen LogP contribution in [0.2, 0.25) is 0 Å². The fourth-order valence-electron chi connectivity index (χ4n) is 1.98. The summed E-state index contributed by atoms with van der Waals surface area (Å²) in [4.78, 5) is 16.0. The quantitative estimate of drug-likeness (QED) is 0.854. The normalized spacial score (nSPS) is 17.3. The van der Waals surface area contributed by atoms with Gasteiger partial charge in [0.25, 0.3) is 5.91 Å². The van der Waals surface area contributed by atoms with E-state index < -0.39 is 5.60 Å². The number of nitrogens with zero attached hydrogens (tertiary/aromatic N) is 1. The van der Waals surface area contributed by atoms with Crippen molar-refractivity contribution < 1.29 is 9.90 Å². The lowest BCUT2D eigenvalue weighted by Crippen LogP contribution is -2.47. The summed E-state index contributed by atoms with van der Waals surface area (Å²) in [6.07, 6.45) is 4.31. The van der Waals surface area contributed by atoms with Gasteiger partial charge in [0.1, 0.15) is 5.69 Å². The molecule has 1 aliphatic rings. The van der Waals surface area contributed by atoms with Crippen molar-refractivity contribution in [3.63, 3.8) is 0 Å². The van der Waals surface area contributed by atoms with Gasteiger partial charge in [-0.15, -0.1) is 0 Å². The Morgan fingerprint density at radius 2 is 2.22 bits per heavy atom. The van der Waals surface area contributed by atoms with E-state index in [1.54, 1.807) is 12.3 Å². The summed E-state index contributed by atoms with van der Waals surface area (Å²) in [6.45, 7) is 4.49. The highest BCUT2D eigenvalue weighted by Gasteiger charge is 2.34. The van der Waals surface area contributed by atoms with E-state index in [0.717, 1.165) is 24.8 Å². The first-order valence-corrected chi connectivity index (χ1v) is 6.47. The Morgan fingerprint density at radius 1 is 1.50 bits per heavy atom. The number of aromatic nitrogens is 1. The van der Waals surface area contributed by atoms with E-state index in [2.05, 4.69) is 24.1 Å². The van der Waals surface area contributed by atoms with Crippen molar-refractivity contribution in [3.05, 3.63) is 29.6 Å². The highest BCUT2D eigenvalue weighted by atomic mass is 16.3. The Morgan fingerprint density at radius 3 is 2.67 bits per heavy atom. The van der Waals surface area contributed by atoms with Gasteiger partial charge in [0.15, 0.2) is 0 Å². The van der Waals surface area contributed by atoms with Crippen LogP contribution in [0.5, 0.6) is 0 Å². The number of rotatable bonds is 4. The van der Waals surface area contributed by atoms with Crippen LogP contribution < -0.4 is 5.32 Å². The van der Waals surface area contributed by atoms with Crippen LogP contribution in [0, 0.1) is 0 Å². The Labute approximate surface area is 107 Å². The lowest BCUT2D eigenvalue weighted by atomic mass is 9.80. The lowest BCUT2D eigenvalue weighted by Gasteiger charge is -2.36. The molecule has 0 atom stereocenters. The molecule has 0 radical (unpaired) electrons. The maximum atomic E-state index is 11.8. The molecule has 1 aliphatic carbocycles. The zero-order chi connectivity index (χ0) is 13.2. The van der Waals surface area contributed by atoms with E-state index >= 15 is 0 Å². The number of aliphatic hydroxyl groups is 1. The van der Waals surface area contributed by atoms with Gasteiger partial charge in [0.05, 0.1) is 5.60 Å². The predicted octanol–water partition coefficient (Wildman–Crippen LogP) is 1.85. The molecule has 18 heavy (non-hydrogen) atoms. The van der Waals surface area contributed by atoms with Gasteiger partial charge in [0, 0.05) is 12.7 Å². The van der Waals surface area contributed by atoms with Crippen LogP contribution in [0.1, 0.15) is 55.1 Å². The van der Waals surface area contributed by atoms with Gasteiger partial charge >= 0.3 is 0 Å². The number of carbonyl (C=O) groups excluding carboxylic acids is 1. The van der Waals surface area contributed by atoms with Crippen molar-refractivity contribution in [1.82, 2.24) is 10.3 Å². The second-order valence-electron chi connectivity index (χ2n) is 5.39. The Hall–Kier alpha value is -1.42. The highest BCUT2D eigenvalue weighted by Crippen LogP contribution is 2.30. The minimum atomic E-state index is -0.687. The SMILES string of the molecule is CC(C)c1ccc(C(=O)NCC2(O)CCC2)nc1. The summed E-state index contributed by atoms with van der Waals surface area (Å²) < 4.78 is 0. The van der Waals surface area contributed by atoms with E-state index in [0.29, 0.717) is 18.2 Å². The summed E-state index contributed by atoms with van der Waals surface area (Å²) in [5.74, 6) is 0.191. The Bertz CT molecular complexity index is 422. The van der Waals surface area contributed by atoms with E-state index in [-0.39, 0.29) is 5.91 Å². The zero-order valence-electron chi connectivity index (χ0n) is 10.9. The summed E-state index contributed by atoms with van der Waals surface area (Å²) in [7, 11) is 0. The van der Waals surface area contributed by atoms with Crippen molar-refractivity contribution in [1.29, 1.82) is 0 Å². The molecule has 1 fully saturated rings. The van der Waals surface area contributed by atoms with E-state index in [1.807, 2.05) is 6.07 Å². The first-order valence-electron chi connectivity index (χ1n) is 6.47. The molecule has 4 heteroatoms. The van der Waals surface area contributed by atoms with Crippen LogP contribution in [0.4, 0.5) is 0 Å². The third-order valence-corrected chi connectivity index (χ3v) is 3.55. The van der Waals surface area contributed by atoms with Gasteiger partial charge in [-0.25, -0.2) is 0 Å². The molecule has 0 aliphatic heterocycles. The fourth-order valence-corrected chi connectivity index (χ4v) is 1.98. The van der Waals surface area contributed by atoms with Crippen LogP contribution in [0.3, 0.4) is 0 Å². The molecule has 0 saturated heterocycles. The molecule has 2 rings (SSSR count). The molecule has 0 bridgehead atoms. The summed E-state index contributed by atoms with van der Waals surface area (Å²) >= 11 is 0. The molecule has 1 heterocycles. The van der Waals surface area contributed by atoms with Crippen molar-refractivity contribution in [2.24, 2.45) is 0 Å². The van der Waals surface area contributed by atoms with E-state index in [1.165, 1.54) is 0 Å². The molecular weight excluding hydrogens is 228 g/mol. The predicted molar refractivity (Wildman–Crippen MR) is 69.5 cm³/mol. The maximum Gasteiger partial charge on any atom is 0.269 e. The van der Waals surface area contributed by atoms with Gasteiger partial charge in [0.2, 0.25) is 0 Å². The third-order valence-electron chi connectivity index (χ3n) is 3.55. The molecule has 1 aromatic rings. The minimum Gasteiger partial charge on any atom is -0.388 e. The number of hydrogen-bond donors (Lipinski definition) is 2. The van der Waals surface area contributed by atoms with Crippen molar-refractivity contribution in [3.8, 4) is 0 Å². The standard InChI is InChI=1S/C14H20N2O2/c1-10(2)11-4-5-12(15-8-11)13(17)16-9-14(18)6-3-7-14/h4-5,8,10,18H,3,6-7,9H2,1-2H3,(H,16,17). The van der Waals surface area contributed by atoms with Gasteiger partial charge in [-0.3, -0.25) is 9.78 Å². The maximum absolute atomic E-state index is 11.8. The average Bonchev–Trinajstić information content (AvgIpc) is 2.33. The first kappa shape index (κ1) is 13.0. The van der Waals surface area contributed by atoms with Gasteiger partial charge in [-0.05, 0) is 36.8 Å². The van der Waals surface area contributed by atoms with Crippen LogP contribution in [0.25, 0.3) is 0 Å². The summed E-state index contributed by atoms with van der Waals surface area (Å²) in [5.41, 5.74) is 0.833. The topological polar surface area (TPSA) is 62.2 Å². The van der Waals surface area contributed by atoms with Crippen LogP contribution in [0.15, 0.2) is 18.3 Å². The van der Waals surface area contributed by atoms with Crippen molar-refractivity contribution in [2.45, 2.75) is 44.6 Å². The van der Waals surface area contributed by atoms with Gasteiger partial charge in [-0.1, -0.05) is 19.9 Å². The third kappa shape index (κ3) is 2.88.